The first-order valence-electron chi connectivity index (χ1n) is 5.78. The molecule has 16 heavy (non-hydrogen) atoms. The van der Waals surface area contributed by atoms with Crippen LogP contribution in [0.4, 0.5) is 5.69 Å². The van der Waals surface area contributed by atoms with Gasteiger partial charge in [0.25, 0.3) is 0 Å². The molecule has 0 amide bonds. The van der Waals surface area contributed by atoms with E-state index in [1.54, 1.807) is 0 Å². The van der Waals surface area contributed by atoms with Crippen LogP contribution in [0.3, 0.4) is 0 Å². The lowest BCUT2D eigenvalue weighted by Gasteiger charge is -2.20. The van der Waals surface area contributed by atoms with Gasteiger partial charge in [0, 0.05) is 34.9 Å². The Bertz CT molecular complexity index is 472. The maximum atomic E-state index is 4.14. The van der Waals surface area contributed by atoms with Crippen LogP contribution < -0.4 is 5.32 Å². The van der Waals surface area contributed by atoms with Gasteiger partial charge >= 0.3 is 0 Å². The lowest BCUT2D eigenvalue weighted by Crippen LogP contribution is -2.21. The van der Waals surface area contributed by atoms with E-state index in [9.17, 15) is 0 Å². The molecule has 2 rings (SSSR count). The first-order valence-corrected chi connectivity index (χ1v) is 5.78. The fourth-order valence-electron chi connectivity index (χ4n) is 1.66. The third kappa shape index (κ3) is 2.16. The highest BCUT2D eigenvalue weighted by atomic mass is 14.9. The molecule has 1 heterocycles. The van der Waals surface area contributed by atoms with Crippen LogP contribution in [0.15, 0.2) is 36.7 Å². The summed E-state index contributed by atoms with van der Waals surface area (Å²) in [4.78, 5) is 4.14. The summed E-state index contributed by atoms with van der Waals surface area (Å²) in [6, 6.07) is 8.82. The smallest absolute Gasteiger partial charge is 0.0423 e. The van der Waals surface area contributed by atoms with Crippen molar-refractivity contribution in [3.8, 4) is 0 Å². The van der Waals surface area contributed by atoms with Gasteiger partial charge in [-0.2, -0.15) is 0 Å². The second-order valence-electron chi connectivity index (χ2n) is 4.58. The minimum atomic E-state index is 0.471. The molecule has 2 heteroatoms. The molecule has 1 aromatic heterocycles. The Morgan fingerprint density at radius 1 is 1.12 bits per heavy atom. The lowest BCUT2D eigenvalue weighted by molar-refractivity contribution is 0.560. The van der Waals surface area contributed by atoms with Crippen LogP contribution in [-0.2, 0) is 0 Å². The van der Waals surface area contributed by atoms with Crippen molar-refractivity contribution in [2.75, 3.05) is 5.32 Å². The van der Waals surface area contributed by atoms with E-state index >= 15 is 0 Å². The van der Waals surface area contributed by atoms with Crippen molar-refractivity contribution in [1.82, 2.24) is 4.98 Å². The second-order valence-corrected chi connectivity index (χ2v) is 4.58. The first-order chi connectivity index (χ1) is 7.68. The number of nitrogens with one attached hydrogen (secondary N) is 1. The summed E-state index contributed by atoms with van der Waals surface area (Å²) < 4.78 is 0. The van der Waals surface area contributed by atoms with E-state index < -0.39 is 0 Å². The summed E-state index contributed by atoms with van der Waals surface area (Å²) in [5, 5.41) is 5.98. The summed E-state index contributed by atoms with van der Waals surface area (Å²) in [6.45, 7) is 6.67. The maximum Gasteiger partial charge on any atom is 0.0423 e. The fourth-order valence-corrected chi connectivity index (χ4v) is 1.66. The van der Waals surface area contributed by atoms with E-state index in [1.807, 2.05) is 12.4 Å². The van der Waals surface area contributed by atoms with Crippen LogP contribution in [-0.4, -0.2) is 11.0 Å². The quantitative estimate of drug-likeness (QED) is 0.842. The van der Waals surface area contributed by atoms with Crippen LogP contribution in [0.5, 0.6) is 0 Å². The number of pyridine rings is 1. The Labute approximate surface area is 96.7 Å². The molecule has 0 spiro atoms. The van der Waals surface area contributed by atoms with Crippen LogP contribution in [0, 0.1) is 5.92 Å². The molecule has 0 aliphatic rings. The number of hydrogen-bond donors (Lipinski definition) is 1. The fraction of sp³-hybridized carbons (Fsp3) is 0.357. The number of aromatic nitrogens is 1. The van der Waals surface area contributed by atoms with E-state index in [0.29, 0.717) is 12.0 Å². The van der Waals surface area contributed by atoms with E-state index in [2.05, 4.69) is 55.3 Å². The number of rotatable bonds is 3. The Morgan fingerprint density at radius 3 is 2.69 bits per heavy atom. The van der Waals surface area contributed by atoms with Gasteiger partial charge in [-0.25, -0.2) is 0 Å². The molecule has 0 saturated carbocycles. The Hall–Kier alpha value is -1.57. The number of benzene rings is 1. The Balaban J connectivity index is 2.37. The third-order valence-electron chi connectivity index (χ3n) is 3.06. The molecular formula is C14H18N2. The van der Waals surface area contributed by atoms with Crippen molar-refractivity contribution in [1.29, 1.82) is 0 Å². The highest BCUT2D eigenvalue weighted by Crippen LogP contribution is 2.23. The first kappa shape index (κ1) is 10.9. The summed E-state index contributed by atoms with van der Waals surface area (Å²) in [6.07, 6.45) is 3.74. The molecular weight excluding hydrogens is 196 g/mol. The zero-order valence-corrected chi connectivity index (χ0v) is 10.1. The van der Waals surface area contributed by atoms with Gasteiger partial charge in [0.05, 0.1) is 0 Å². The van der Waals surface area contributed by atoms with Gasteiger partial charge in [0.15, 0.2) is 0 Å². The van der Waals surface area contributed by atoms with Crippen molar-refractivity contribution < 1.29 is 0 Å². The van der Waals surface area contributed by atoms with Gasteiger partial charge in [0.1, 0.15) is 0 Å². The van der Waals surface area contributed by atoms with Crippen LogP contribution in [0.2, 0.25) is 0 Å². The predicted molar refractivity (Wildman–Crippen MR) is 69.7 cm³/mol. The molecule has 1 atom stereocenters. The van der Waals surface area contributed by atoms with E-state index in [0.717, 1.165) is 0 Å². The molecule has 0 aliphatic carbocycles. The SMILES string of the molecule is CC(C)C(C)Nc1cccc2cnccc12. The van der Waals surface area contributed by atoms with Gasteiger partial charge in [-0.15, -0.1) is 0 Å². The lowest BCUT2D eigenvalue weighted by atomic mass is 10.0. The van der Waals surface area contributed by atoms with Crippen LogP contribution in [0.25, 0.3) is 10.8 Å². The van der Waals surface area contributed by atoms with Gasteiger partial charge in [0.2, 0.25) is 0 Å². The number of fused-ring (bicyclic) bond motifs is 1. The molecule has 0 saturated heterocycles. The molecule has 84 valence electrons. The molecule has 0 radical (unpaired) electrons. The minimum Gasteiger partial charge on any atom is -0.382 e. The van der Waals surface area contributed by atoms with Crippen molar-refractivity contribution >= 4 is 16.5 Å². The van der Waals surface area contributed by atoms with Crippen molar-refractivity contribution in [3.63, 3.8) is 0 Å². The molecule has 0 bridgehead atoms. The summed E-state index contributed by atoms with van der Waals surface area (Å²) in [7, 11) is 0. The Kier molecular flexibility index (Phi) is 3.09. The number of hydrogen-bond acceptors (Lipinski definition) is 2. The molecule has 1 N–H and O–H groups in total. The molecule has 1 unspecified atom stereocenters. The van der Waals surface area contributed by atoms with Gasteiger partial charge in [-0.1, -0.05) is 26.0 Å². The van der Waals surface area contributed by atoms with Crippen molar-refractivity contribution in [2.24, 2.45) is 5.92 Å². The molecule has 2 aromatic rings. The second kappa shape index (κ2) is 4.52. The maximum absolute atomic E-state index is 4.14. The summed E-state index contributed by atoms with van der Waals surface area (Å²) >= 11 is 0. The molecule has 0 fully saturated rings. The topological polar surface area (TPSA) is 24.9 Å². The van der Waals surface area contributed by atoms with Gasteiger partial charge in [-0.3, -0.25) is 4.98 Å². The molecule has 2 nitrogen and oxygen atoms in total. The molecule has 1 aromatic carbocycles. The monoisotopic (exact) mass is 214 g/mol. The third-order valence-corrected chi connectivity index (χ3v) is 3.06. The highest BCUT2D eigenvalue weighted by molar-refractivity contribution is 5.93. The van der Waals surface area contributed by atoms with Gasteiger partial charge in [-0.05, 0) is 25.0 Å². The zero-order valence-electron chi connectivity index (χ0n) is 10.1. The Morgan fingerprint density at radius 2 is 1.94 bits per heavy atom. The van der Waals surface area contributed by atoms with Crippen LogP contribution in [0.1, 0.15) is 20.8 Å². The average molecular weight is 214 g/mol. The molecule has 0 aliphatic heterocycles. The minimum absolute atomic E-state index is 0.471. The highest BCUT2D eigenvalue weighted by Gasteiger charge is 2.08. The predicted octanol–water partition coefficient (Wildman–Crippen LogP) is 3.69. The largest absolute Gasteiger partial charge is 0.382 e. The standard InChI is InChI=1S/C14H18N2/c1-10(2)11(3)16-14-6-4-5-12-9-15-8-7-13(12)14/h4-11,16H,1-3H3. The summed E-state index contributed by atoms with van der Waals surface area (Å²) in [5.41, 5.74) is 1.20. The summed E-state index contributed by atoms with van der Waals surface area (Å²) in [5.74, 6) is 0.622. The van der Waals surface area contributed by atoms with Crippen molar-refractivity contribution in [3.05, 3.63) is 36.7 Å². The van der Waals surface area contributed by atoms with Gasteiger partial charge < -0.3 is 5.32 Å². The van der Waals surface area contributed by atoms with Crippen LogP contribution >= 0.6 is 0 Å². The van der Waals surface area contributed by atoms with E-state index in [1.165, 1.54) is 16.5 Å². The van der Waals surface area contributed by atoms with Crippen molar-refractivity contribution in [2.45, 2.75) is 26.8 Å². The average Bonchev–Trinajstić information content (AvgIpc) is 2.29. The normalized spacial score (nSPS) is 13.0. The number of nitrogens with zero attached hydrogens (tertiary/aromatic N) is 1. The number of anilines is 1. The van der Waals surface area contributed by atoms with E-state index in [4.69, 9.17) is 0 Å². The van der Waals surface area contributed by atoms with E-state index in [-0.39, 0.29) is 0 Å². The zero-order chi connectivity index (χ0) is 11.5.